The number of fused-ring (bicyclic) bond motifs is 3. The zero-order chi connectivity index (χ0) is 28.8. The van der Waals surface area contributed by atoms with Crippen LogP contribution in [0.25, 0.3) is 11.7 Å². The number of nitrogens with one attached hydrogen (secondary N) is 2. The third-order valence-corrected chi connectivity index (χ3v) is 9.43. The van der Waals surface area contributed by atoms with Crippen LogP contribution in [0.1, 0.15) is 58.5 Å². The molecule has 41 heavy (non-hydrogen) atoms. The largest absolute Gasteiger partial charge is 0.339 e. The van der Waals surface area contributed by atoms with Gasteiger partial charge in [0.2, 0.25) is 10.0 Å². The molecule has 4 aromatic rings. The molecule has 0 saturated carbocycles. The first kappa shape index (κ1) is 26.7. The van der Waals surface area contributed by atoms with E-state index in [4.69, 9.17) is 0 Å². The van der Waals surface area contributed by atoms with Crippen molar-refractivity contribution in [3.05, 3.63) is 94.8 Å². The van der Waals surface area contributed by atoms with Crippen LogP contribution in [0.15, 0.2) is 72.6 Å². The van der Waals surface area contributed by atoms with Gasteiger partial charge >= 0.3 is 0 Å². The molecular weight excluding hydrogens is 540 g/mol. The lowest BCUT2D eigenvalue weighted by molar-refractivity contribution is 0.0685. The summed E-state index contributed by atoms with van der Waals surface area (Å²) in [5.41, 5.74) is 4.96. The molecule has 1 spiro atoms. The standard InChI is InChI=1S/C30H30N6O4S/c1-3-41(39,40)34-28(37)23-19-32-36-26(23)31-18-24(27(36)33-22-10-5-4-6-11-22)29(38)35-15-13-30(14-16-35)20(2)17-21-9-7-8-12-25(21)30/h4-12,17-19,33H,3,13-16H2,1-2H3,(H,34,37). The van der Waals surface area contributed by atoms with Crippen molar-refractivity contribution in [2.45, 2.75) is 32.1 Å². The van der Waals surface area contributed by atoms with E-state index in [-0.39, 0.29) is 28.3 Å². The Labute approximate surface area is 238 Å². The van der Waals surface area contributed by atoms with Gasteiger partial charge in [0.05, 0.1) is 11.9 Å². The quantitative estimate of drug-likeness (QED) is 0.357. The summed E-state index contributed by atoms with van der Waals surface area (Å²) in [6.45, 7) is 4.76. The van der Waals surface area contributed by atoms with Gasteiger partial charge in [-0.1, -0.05) is 54.1 Å². The number of para-hydroxylation sites is 1. The smallest absolute Gasteiger partial charge is 0.270 e. The summed E-state index contributed by atoms with van der Waals surface area (Å²) in [4.78, 5) is 33.0. The summed E-state index contributed by atoms with van der Waals surface area (Å²) in [5.74, 6) is -0.939. The molecule has 2 aromatic carbocycles. The normalized spacial score (nSPS) is 16.0. The number of hydrogen-bond donors (Lipinski definition) is 2. The van der Waals surface area contributed by atoms with E-state index >= 15 is 0 Å². The van der Waals surface area contributed by atoms with Crippen LogP contribution in [0.5, 0.6) is 0 Å². The van der Waals surface area contributed by atoms with E-state index in [9.17, 15) is 18.0 Å². The van der Waals surface area contributed by atoms with Gasteiger partial charge in [0.15, 0.2) is 5.65 Å². The van der Waals surface area contributed by atoms with Crippen LogP contribution < -0.4 is 10.0 Å². The highest BCUT2D eigenvalue weighted by molar-refractivity contribution is 7.90. The lowest BCUT2D eigenvalue weighted by Crippen LogP contribution is -2.45. The number of carbonyl (C=O) groups excluding carboxylic acids is 2. The number of nitrogens with zero attached hydrogens (tertiary/aromatic N) is 4. The summed E-state index contributed by atoms with van der Waals surface area (Å²) in [6, 6.07) is 17.8. The highest BCUT2D eigenvalue weighted by Crippen LogP contribution is 2.48. The monoisotopic (exact) mass is 570 g/mol. The predicted octanol–water partition coefficient (Wildman–Crippen LogP) is 4.14. The van der Waals surface area contributed by atoms with E-state index in [1.807, 2.05) is 40.0 Å². The maximum absolute atomic E-state index is 14.0. The summed E-state index contributed by atoms with van der Waals surface area (Å²) in [6.07, 6.45) is 6.56. The van der Waals surface area contributed by atoms with Crippen molar-refractivity contribution < 1.29 is 18.0 Å². The van der Waals surface area contributed by atoms with Crippen LogP contribution >= 0.6 is 0 Å². The Balaban J connectivity index is 1.34. The van der Waals surface area contributed by atoms with Gasteiger partial charge in [-0.05, 0) is 49.9 Å². The van der Waals surface area contributed by atoms with Gasteiger partial charge in [0.1, 0.15) is 16.9 Å². The Morgan fingerprint density at radius 3 is 2.41 bits per heavy atom. The second-order valence-corrected chi connectivity index (χ2v) is 12.4. The molecule has 11 heteroatoms. The highest BCUT2D eigenvalue weighted by Gasteiger charge is 2.43. The van der Waals surface area contributed by atoms with E-state index in [1.165, 1.54) is 40.5 Å². The fourth-order valence-corrected chi connectivity index (χ4v) is 6.40. The van der Waals surface area contributed by atoms with Gasteiger partial charge in [0.25, 0.3) is 11.8 Å². The summed E-state index contributed by atoms with van der Waals surface area (Å²) < 4.78 is 27.4. The third kappa shape index (κ3) is 4.65. The number of likely N-dealkylation sites (tertiary alicyclic amines) is 1. The van der Waals surface area contributed by atoms with Crippen LogP contribution in [0, 0.1) is 0 Å². The molecule has 2 N–H and O–H groups in total. The van der Waals surface area contributed by atoms with Crippen molar-refractivity contribution in [2.75, 3.05) is 24.2 Å². The average Bonchev–Trinajstić information content (AvgIpc) is 3.53. The number of sulfonamides is 1. The number of rotatable bonds is 6. The van der Waals surface area contributed by atoms with Gasteiger partial charge in [-0.15, -0.1) is 0 Å². The predicted molar refractivity (Wildman–Crippen MR) is 157 cm³/mol. The first-order valence-corrected chi connectivity index (χ1v) is 15.2. The minimum Gasteiger partial charge on any atom is -0.339 e. The number of aromatic nitrogens is 3. The summed E-state index contributed by atoms with van der Waals surface area (Å²) in [7, 11) is -3.79. The van der Waals surface area contributed by atoms with E-state index in [2.05, 4.69) is 52.7 Å². The number of amides is 2. The van der Waals surface area contributed by atoms with E-state index in [0.717, 1.165) is 12.8 Å². The number of benzene rings is 2. The summed E-state index contributed by atoms with van der Waals surface area (Å²) >= 11 is 0. The Bertz CT molecular complexity index is 1810. The minimum absolute atomic E-state index is 0.0146. The molecule has 1 aliphatic carbocycles. The third-order valence-electron chi connectivity index (χ3n) is 8.17. The van der Waals surface area contributed by atoms with Crippen LogP contribution in [0.3, 0.4) is 0 Å². The molecule has 2 aliphatic rings. The molecule has 0 bridgehead atoms. The van der Waals surface area contributed by atoms with Crippen LogP contribution in [-0.2, 0) is 15.4 Å². The van der Waals surface area contributed by atoms with Crippen molar-refractivity contribution in [1.82, 2.24) is 24.2 Å². The molecule has 2 aromatic heterocycles. The van der Waals surface area contributed by atoms with Crippen LogP contribution in [0.4, 0.5) is 11.5 Å². The molecule has 0 atom stereocenters. The second kappa shape index (κ2) is 10.2. The molecule has 6 rings (SSSR count). The number of allylic oxidation sites excluding steroid dienone is 1. The van der Waals surface area contributed by atoms with E-state index in [0.29, 0.717) is 30.2 Å². The molecule has 2 amide bonds. The molecule has 3 heterocycles. The second-order valence-electron chi connectivity index (χ2n) is 10.4. The summed E-state index contributed by atoms with van der Waals surface area (Å²) in [5, 5.41) is 7.60. The van der Waals surface area contributed by atoms with Crippen LogP contribution in [-0.4, -0.2) is 58.6 Å². The SMILES string of the molecule is CCS(=O)(=O)NC(=O)c1cnn2c(Nc3ccccc3)c(C(=O)N3CCC4(CC3)C(C)=Cc3ccccc34)cnc12. The van der Waals surface area contributed by atoms with Crippen LogP contribution in [0.2, 0.25) is 0 Å². The molecule has 1 saturated heterocycles. The molecule has 0 radical (unpaired) electrons. The fraction of sp³-hybridized carbons (Fsp3) is 0.267. The van der Waals surface area contributed by atoms with E-state index < -0.39 is 15.9 Å². The maximum atomic E-state index is 14.0. The van der Waals surface area contributed by atoms with E-state index in [1.54, 1.807) is 0 Å². The first-order chi connectivity index (χ1) is 19.7. The van der Waals surface area contributed by atoms with Crippen molar-refractivity contribution in [1.29, 1.82) is 0 Å². The molecular formula is C30H30N6O4S. The maximum Gasteiger partial charge on any atom is 0.270 e. The zero-order valence-electron chi connectivity index (χ0n) is 22.8. The van der Waals surface area contributed by atoms with Gasteiger partial charge in [-0.3, -0.25) is 9.59 Å². The Morgan fingerprint density at radius 2 is 1.68 bits per heavy atom. The minimum atomic E-state index is -3.79. The zero-order valence-corrected chi connectivity index (χ0v) is 23.6. The Kier molecular flexibility index (Phi) is 6.61. The fourth-order valence-electron chi connectivity index (χ4n) is 5.86. The molecule has 1 fully saturated rings. The Hall–Kier alpha value is -4.51. The molecule has 0 unspecified atom stereocenters. The van der Waals surface area contributed by atoms with Gasteiger partial charge < -0.3 is 10.2 Å². The number of hydrogen-bond acceptors (Lipinski definition) is 7. The highest BCUT2D eigenvalue weighted by atomic mass is 32.2. The lowest BCUT2D eigenvalue weighted by atomic mass is 9.70. The number of piperidine rings is 1. The Morgan fingerprint density at radius 1 is 0.976 bits per heavy atom. The average molecular weight is 571 g/mol. The van der Waals surface area contributed by atoms with Crippen molar-refractivity contribution in [3.8, 4) is 0 Å². The van der Waals surface area contributed by atoms with Crippen molar-refractivity contribution in [2.24, 2.45) is 0 Å². The topological polar surface area (TPSA) is 126 Å². The van der Waals surface area contributed by atoms with Gasteiger partial charge in [-0.2, -0.15) is 9.61 Å². The molecule has 210 valence electrons. The van der Waals surface area contributed by atoms with Crippen molar-refractivity contribution >= 4 is 45.1 Å². The van der Waals surface area contributed by atoms with Gasteiger partial charge in [-0.25, -0.2) is 18.1 Å². The molecule has 10 nitrogen and oxygen atoms in total. The van der Waals surface area contributed by atoms with Crippen molar-refractivity contribution in [3.63, 3.8) is 0 Å². The number of carbonyl (C=O) groups is 2. The first-order valence-electron chi connectivity index (χ1n) is 13.5. The number of anilines is 2. The lowest BCUT2D eigenvalue weighted by Gasteiger charge is -2.41. The van der Waals surface area contributed by atoms with Gasteiger partial charge in [0, 0.05) is 30.4 Å². The molecule has 1 aliphatic heterocycles.